The number of rotatable bonds is 8. The van der Waals surface area contributed by atoms with E-state index in [1.807, 2.05) is 0 Å². The summed E-state index contributed by atoms with van der Waals surface area (Å²) in [5.74, 6) is 0.365. The van der Waals surface area contributed by atoms with Gasteiger partial charge in [0.05, 0.1) is 0 Å². The van der Waals surface area contributed by atoms with Gasteiger partial charge in [0.1, 0.15) is 0 Å². The Balaban J connectivity index is 2.16. The van der Waals surface area contributed by atoms with Crippen LogP contribution in [-0.2, 0) is 9.59 Å². The molecule has 4 nitrogen and oxygen atoms in total. The molecule has 116 valence electrons. The maximum absolute atomic E-state index is 11.7. The Morgan fingerprint density at radius 1 is 0.800 bits per heavy atom. The summed E-state index contributed by atoms with van der Waals surface area (Å²) < 4.78 is 0. The molecule has 1 aliphatic rings. The van der Waals surface area contributed by atoms with Crippen molar-refractivity contribution in [3.05, 3.63) is 0 Å². The van der Waals surface area contributed by atoms with E-state index >= 15 is 0 Å². The van der Waals surface area contributed by atoms with Crippen LogP contribution in [0.2, 0.25) is 0 Å². The first kappa shape index (κ1) is 17.0. The van der Waals surface area contributed by atoms with Gasteiger partial charge in [-0.15, -0.1) is 0 Å². The maximum atomic E-state index is 11.7. The lowest BCUT2D eigenvalue weighted by Crippen LogP contribution is -2.43. The van der Waals surface area contributed by atoms with Crippen molar-refractivity contribution < 1.29 is 9.59 Å². The van der Waals surface area contributed by atoms with Gasteiger partial charge in [-0.05, 0) is 38.5 Å². The molecule has 20 heavy (non-hydrogen) atoms. The van der Waals surface area contributed by atoms with E-state index in [0.717, 1.165) is 51.4 Å². The molecule has 0 spiro atoms. The highest BCUT2D eigenvalue weighted by Gasteiger charge is 2.23. The number of amides is 2. The molecule has 4 heteroatoms. The van der Waals surface area contributed by atoms with Crippen LogP contribution in [0.25, 0.3) is 0 Å². The summed E-state index contributed by atoms with van der Waals surface area (Å²) in [6, 6.07) is 0.617. The van der Waals surface area contributed by atoms with Gasteiger partial charge in [-0.3, -0.25) is 9.59 Å². The van der Waals surface area contributed by atoms with Gasteiger partial charge in [0.2, 0.25) is 11.8 Å². The molecule has 0 aromatic rings. The fourth-order valence-electron chi connectivity index (χ4n) is 2.66. The van der Waals surface area contributed by atoms with Crippen molar-refractivity contribution in [2.45, 2.75) is 90.1 Å². The zero-order valence-corrected chi connectivity index (χ0v) is 13.0. The topological polar surface area (TPSA) is 58.2 Å². The van der Waals surface area contributed by atoms with Crippen LogP contribution in [0, 0.1) is 0 Å². The predicted molar refractivity (Wildman–Crippen MR) is 81.4 cm³/mol. The smallest absolute Gasteiger partial charge is 0.220 e. The summed E-state index contributed by atoms with van der Waals surface area (Å²) in [7, 11) is 0. The molecule has 2 N–H and O–H groups in total. The Morgan fingerprint density at radius 2 is 1.15 bits per heavy atom. The molecule has 0 aromatic heterocycles. The monoisotopic (exact) mass is 282 g/mol. The Bertz CT molecular complexity index is 267. The zero-order chi connectivity index (χ0) is 14.8. The highest BCUT2D eigenvalue weighted by atomic mass is 16.2. The number of unbranched alkanes of at least 4 members (excludes halogenated alkanes) is 2. The van der Waals surface area contributed by atoms with E-state index in [9.17, 15) is 9.59 Å². The van der Waals surface area contributed by atoms with Crippen LogP contribution >= 0.6 is 0 Å². The van der Waals surface area contributed by atoms with Crippen molar-refractivity contribution >= 4 is 11.8 Å². The minimum Gasteiger partial charge on any atom is -0.353 e. The van der Waals surface area contributed by atoms with Crippen molar-refractivity contribution in [3.63, 3.8) is 0 Å². The highest BCUT2D eigenvalue weighted by Crippen LogP contribution is 2.19. The number of hydrogen-bond acceptors (Lipinski definition) is 2. The fourth-order valence-corrected chi connectivity index (χ4v) is 2.66. The summed E-state index contributed by atoms with van der Waals surface area (Å²) in [6.07, 6.45) is 9.27. The summed E-state index contributed by atoms with van der Waals surface area (Å²) >= 11 is 0. The fraction of sp³-hybridized carbons (Fsp3) is 0.875. The molecule has 1 rings (SSSR count). The van der Waals surface area contributed by atoms with Crippen LogP contribution in [0.4, 0.5) is 0 Å². The van der Waals surface area contributed by atoms with Crippen molar-refractivity contribution in [1.29, 1.82) is 0 Å². The van der Waals surface area contributed by atoms with Gasteiger partial charge < -0.3 is 10.6 Å². The third kappa shape index (κ3) is 6.92. The van der Waals surface area contributed by atoms with E-state index in [4.69, 9.17) is 0 Å². The molecule has 0 radical (unpaired) electrons. The third-order valence-electron chi connectivity index (χ3n) is 3.97. The third-order valence-corrected chi connectivity index (χ3v) is 3.97. The minimum atomic E-state index is 0.183. The molecule has 0 aromatic carbocycles. The standard InChI is InChI=1S/C16H30N2O2/c1-3-5-7-15(19)17-13-9-11-14(12-10-13)18-16(20)8-6-4-2/h13-14H,3-12H2,1-2H3,(H,17,19)(H,18,20). The number of hydrogen-bond donors (Lipinski definition) is 2. The minimum absolute atomic E-state index is 0.183. The van der Waals surface area contributed by atoms with Gasteiger partial charge in [0, 0.05) is 24.9 Å². The molecule has 1 fully saturated rings. The van der Waals surface area contributed by atoms with Crippen LogP contribution in [0.15, 0.2) is 0 Å². The summed E-state index contributed by atoms with van der Waals surface area (Å²) in [5, 5.41) is 6.22. The average molecular weight is 282 g/mol. The summed E-state index contributed by atoms with van der Waals surface area (Å²) in [5.41, 5.74) is 0. The van der Waals surface area contributed by atoms with Crippen LogP contribution in [0.5, 0.6) is 0 Å². The molecular weight excluding hydrogens is 252 g/mol. The molecule has 0 heterocycles. The second-order valence-electron chi connectivity index (χ2n) is 5.89. The molecule has 0 atom stereocenters. The molecule has 2 amide bonds. The molecule has 0 unspecified atom stereocenters. The van der Waals surface area contributed by atoms with Gasteiger partial charge in [0.15, 0.2) is 0 Å². The maximum Gasteiger partial charge on any atom is 0.220 e. The summed E-state index contributed by atoms with van der Waals surface area (Å²) in [6.45, 7) is 4.19. The number of carbonyl (C=O) groups is 2. The highest BCUT2D eigenvalue weighted by molar-refractivity contribution is 5.76. The van der Waals surface area contributed by atoms with Gasteiger partial charge in [-0.25, -0.2) is 0 Å². The molecule has 0 bridgehead atoms. The number of nitrogens with one attached hydrogen (secondary N) is 2. The van der Waals surface area contributed by atoms with Crippen molar-refractivity contribution in [1.82, 2.24) is 10.6 Å². The first-order valence-corrected chi connectivity index (χ1v) is 8.24. The van der Waals surface area contributed by atoms with Crippen molar-refractivity contribution in [2.24, 2.45) is 0 Å². The van der Waals surface area contributed by atoms with Crippen LogP contribution in [0.1, 0.15) is 78.1 Å². The van der Waals surface area contributed by atoms with Crippen LogP contribution in [0.3, 0.4) is 0 Å². The lowest BCUT2D eigenvalue weighted by molar-refractivity contribution is -0.123. The Kier molecular flexibility index (Phi) is 8.31. The van der Waals surface area contributed by atoms with E-state index < -0.39 is 0 Å². The van der Waals surface area contributed by atoms with Crippen molar-refractivity contribution in [3.8, 4) is 0 Å². The SMILES string of the molecule is CCCCC(=O)NC1CCC(NC(=O)CCCC)CC1. The van der Waals surface area contributed by atoms with Crippen LogP contribution < -0.4 is 10.6 Å². The van der Waals surface area contributed by atoms with E-state index in [0.29, 0.717) is 24.9 Å². The van der Waals surface area contributed by atoms with Gasteiger partial charge in [-0.1, -0.05) is 26.7 Å². The largest absolute Gasteiger partial charge is 0.353 e. The molecule has 1 aliphatic carbocycles. The molecule has 1 saturated carbocycles. The second kappa shape index (κ2) is 9.78. The van der Waals surface area contributed by atoms with E-state index in [1.165, 1.54) is 0 Å². The lowest BCUT2D eigenvalue weighted by Gasteiger charge is -2.29. The first-order chi connectivity index (χ1) is 9.65. The van der Waals surface area contributed by atoms with Gasteiger partial charge in [0.25, 0.3) is 0 Å². The quantitative estimate of drug-likeness (QED) is 0.719. The first-order valence-electron chi connectivity index (χ1n) is 8.24. The number of carbonyl (C=O) groups excluding carboxylic acids is 2. The normalized spacial score (nSPS) is 22.3. The van der Waals surface area contributed by atoms with E-state index in [1.54, 1.807) is 0 Å². The predicted octanol–water partition coefficient (Wildman–Crippen LogP) is 2.91. The van der Waals surface area contributed by atoms with E-state index in [2.05, 4.69) is 24.5 Å². The van der Waals surface area contributed by atoms with Crippen LogP contribution in [-0.4, -0.2) is 23.9 Å². The molecular formula is C16H30N2O2. The van der Waals surface area contributed by atoms with E-state index in [-0.39, 0.29) is 11.8 Å². The average Bonchev–Trinajstić information content (AvgIpc) is 2.45. The molecule has 0 aliphatic heterocycles. The van der Waals surface area contributed by atoms with Crippen molar-refractivity contribution in [2.75, 3.05) is 0 Å². The zero-order valence-electron chi connectivity index (χ0n) is 13.0. The Labute approximate surface area is 123 Å². The Morgan fingerprint density at radius 3 is 1.45 bits per heavy atom. The van der Waals surface area contributed by atoms with Gasteiger partial charge in [-0.2, -0.15) is 0 Å². The molecule has 0 saturated heterocycles. The Hall–Kier alpha value is -1.06. The second-order valence-corrected chi connectivity index (χ2v) is 5.89. The summed E-state index contributed by atoms with van der Waals surface area (Å²) in [4.78, 5) is 23.3. The van der Waals surface area contributed by atoms with Gasteiger partial charge >= 0.3 is 0 Å². The lowest BCUT2D eigenvalue weighted by atomic mass is 9.91.